The number of aliphatic carboxylic acids is 1. The van der Waals surface area contributed by atoms with E-state index < -0.39 is 29.6 Å². The van der Waals surface area contributed by atoms with E-state index in [1.54, 1.807) is 13.8 Å². The molecule has 13 heteroatoms. The normalized spacial score (nSPS) is 18.3. The predicted molar refractivity (Wildman–Crippen MR) is 118 cm³/mol. The van der Waals surface area contributed by atoms with Gasteiger partial charge in [0.25, 0.3) is 5.92 Å². The van der Waals surface area contributed by atoms with Crippen LogP contribution in [0.5, 0.6) is 5.88 Å². The number of carbonyl (C=O) groups excluding carboxylic acids is 1. The average Bonchev–Trinajstić information content (AvgIpc) is 3.19. The molecule has 0 radical (unpaired) electrons. The average molecular weight is 488 g/mol. The lowest BCUT2D eigenvalue weighted by Gasteiger charge is -2.11. The van der Waals surface area contributed by atoms with E-state index in [0.717, 1.165) is 0 Å². The first-order valence-electron chi connectivity index (χ1n) is 10.6. The number of alkyl halides is 2. The van der Waals surface area contributed by atoms with Crippen molar-refractivity contribution >= 4 is 29.1 Å². The van der Waals surface area contributed by atoms with E-state index in [9.17, 15) is 18.4 Å². The van der Waals surface area contributed by atoms with Gasteiger partial charge < -0.3 is 25.0 Å². The summed E-state index contributed by atoms with van der Waals surface area (Å²) in [6, 6.07) is 2.97. The number of carboxylic acid groups (broad SMARTS) is 1. The van der Waals surface area contributed by atoms with Gasteiger partial charge >= 0.3 is 5.97 Å². The maximum atomic E-state index is 13.7. The number of nitrogens with one attached hydrogen (secondary N) is 2. The molecule has 2 unspecified atom stereocenters. The number of aromatic nitrogens is 4. The van der Waals surface area contributed by atoms with Crippen LogP contribution in [0.15, 0.2) is 29.0 Å². The minimum absolute atomic E-state index is 0.0835. The van der Waals surface area contributed by atoms with Crippen molar-refractivity contribution in [1.82, 2.24) is 20.1 Å². The quantitative estimate of drug-likeness (QED) is 0.429. The van der Waals surface area contributed by atoms with Crippen LogP contribution in [0.25, 0.3) is 11.5 Å². The molecule has 1 aliphatic carbocycles. The standard InChI is InChI=1S/C22H22F2N6O5/c1-9(2)34-15-8-25-7-14(28-15)29-18-11(4)30-35-19(18)13-6-5-12(10(3)26-13)27-20(31)16-17(21(32)33)22(16,23)24/h5-9,16-17H,1-4H3,(H,27,31)(H,28,29)(H,32,33). The third-order valence-electron chi connectivity index (χ3n) is 5.26. The Hall–Kier alpha value is -4.16. The zero-order valence-corrected chi connectivity index (χ0v) is 19.2. The lowest BCUT2D eigenvalue weighted by molar-refractivity contribution is -0.141. The molecule has 35 heavy (non-hydrogen) atoms. The maximum absolute atomic E-state index is 13.7. The summed E-state index contributed by atoms with van der Waals surface area (Å²) >= 11 is 0. The van der Waals surface area contributed by atoms with Gasteiger partial charge in [-0.05, 0) is 39.8 Å². The molecule has 2 atom stereocenters. The van der Waals surface area contributed by atoms with E-state index in [1.807, 2.05) is 13.8 Å². The van der Waals surface area contributed by atoms with Crippen molar-refractivity contribution in [2.24, 2.45) is 11.8 Å². The van der Waals surface area contributed by atoms with Crippen LogP contribution in [0.3, 0.4) is 0 Å². The van der Waals surface area contributed by atoms with Crippen LogP contribution in [0.2, 0.25) is 0 Å². The molecule has 3 aromatic rings. The van der Waals surface area contributed by atoms with Crippen LogP contribution in [0.4, 0.5) is 26.0 Å². The lowest BCUT2D eigenvalue weighted by Crippen LogP contribution is -2.19. The first kappa shape index (κ1) is 24.0. The van der Waals surface area contributed by atoms with Gasteiger partial charge in [-0.15, -0.1) is 0 Å². The van der Waals surface area contributed by atoms with Crippen molar-refractivity contribution in [2.75, 3.05) is 10.6 Å². The van der Waals surface area contributed by atoms with Gasteiger partial charge in [0.05, 0.1) is 29.9 Å². The molecule has 1 saturated carbocycles. The topological polar surface area (TPSA) is 152 Å². The second-order valence-corrected chi connectivity index (χ2v) is 8.29. The smallest absolute Gasteiger partial charge is 0.313 e. The molecule has 184 valence electrons. The fourth-order valence-corrected chi connectivity index (χ4v) is 3.52. The van der Waals surface area contributed by atoms with Gasteiger partial charge in [0.2, 0.25) is 17.5 Å². The van der Waals surface area contributed by atoms with Crippen molar-refractivity contribution in [3.8, 4) is 17.3 Å². The van der Waals surface area contributed by atoms with Crippen molar-refractivity contribution in [3.05, 3.63) is 35.9 Å². The van der Waals surface area contributed by atoms with Crippen LogP contribution >= 0.6 is 0 Å². The summed E-state index contributed by atoms with van der Waals surface area (Å²) in [5.74, 6) is -9.35. The number of ether oxygens (including phenoxy) is 1. The third kappa shape index (κ3) is 4.74. The number of hydrogen-bond acceptors (Lipinski definition) is 9. The molecule has 3 heterocycles. The van der Waals surface area contributed by atoms with Crippen molar-refractivity contribution in [3.63, 3.8) is 0 Å². The molecule has 3 aromatic heterocycles. The Morgan fingerprint density at radius 1 is 1.14 bits per heavy atom. The highest BCUT2D eigenvalue weighted by atomic mass is 19.3. The number of carboxylic acids is 1. The second-order valence-electron chi connectivity index (χ2n) is 8.29. The molecule has 1 amide bonds. The predicted octanol–water partition coefficient (Wildman–Crippen LogP) is 3.58. The number of pyridine rings is 1. The Balaban J connectivity index is 1.54. The summed E-state index contributed by atoms with van der Waals surface area (Å²) in [7, 11) is 0. The van der Waals surface area contributed by atoms with E-state index in [-0.39, 0.29) is 17.6 Å². The number of hydrogen-bond donors (Lipinski definition) is 3. The van der Waals surface area contributed by atoms with Crippen LogP contribution in [0.1, 0.15) is 25.2 Å². The largest absolute Gasteiger partial charge is 0.481 e. The highest BCUT2D eigenvalue weighted by Crippen LogP contribution is 2.55. The Bertz CT molecular complexity index is 1300. The number of amides is 1. The number of carbonyl (C=O) groups is 2. The first-order valence-corrected chi connectivity index (χ1v) is 10.6. The van der Waals surface area contributed by atoms with E-state index in [2.05, 4.69) is 30.7 Å². The summed E-state index contributed by atoms with van der Waals surface area (Å²) in [4.78, 5) is 36.0. The highest BCUT2D eigenvalue weighted by molar-refractivity contribution is 6.00. The SMILES string of the molecule is Cc1nc(-c2onc(C)c2Nc2cncc(OC(C)C)n2)ccc1NC(=O)C1C(C(=O)O)C1(F)F. The molecule has 0 saturated heterocycles. The third-order valence-corrected chi connectivity index (χ3v) is 5.26. The van der Waals surface area contributed by atoms with E-state index in [1.165, 1.54) is 24.5 Å². The molecular weight excluding hydrogens is 466 g/mol. The molecule has 0 spiro atoms. The summed E-state index contributed by atoms with van der Waals surface area (Å²) in [5.41, 5.74) is 1.82. The monoisotopic (exact) mass is 488 g/mol. The molecule has 1 fully saturated rings. The summed E-state index contributed by atoms with van der Waals surface area (Å²) in [5, 5.41) is 18.3. The van der Waals surface area contributed by atoms with Gasteiger partial charge in [-0.2, -0.15) is 4.98 Å². The molecule has 0 bridgehead atoms. The van der Waals surface area contributed by atoms with Crippen LogP contribution in [-0.2, 0) is 9.59 Å². The Labute approximate surface area is 197 Å². The molecule has 11 nitrogen and oxygen atoms in total. The van der Waals surface area contributed by atoms with Gasteiger partial charge in [0.1, 0.15) is 28.9 Å². The van der Waals surface area contributed by atoms with Crippen LogP contribution in [-0.4, -0.2) is 49.1 Å². The number of halogens is 2. The maximum Gasteiger partial charge on any atom is 0.313 e. The van der Waals surface area contributed by atoms with Crippen LogP contribution < -0.4 is 15.4 Å². The van der Waals surface area contributed by atoms with E-state index in [0.29, 0.717) is 34.5 Å². The Morgan fingerprint density at radius 3 is 2.51 bits per heavy atom. The van der Waals surface area contributed by atoms with Gasteiger partial charge in [0.15, 0.2) is 5.82 Å². The fraction of sp³-hybridized carbons (Fsp3) is 0.364. The number of nitrogens with zero attached hydrogens (tertiary/aromatic N) is 4. The van der Waals surface area contributed by atoms with Gasteiger partial charge in [0, 0.05) is 0 Å². The molecule has 3 N–H and O–H groups in total. The van der Waals surface area contributed by atoms with Crippen molar-refractivity contribution in [1.29, 1.82) is 0 Å². The lowest BCUT2D eigenvalue weighted by atomic mass is 10.2. The molecular formula is C22H22F2N6O5. The van der Waals surface area contributed by atoms with E-state index >= 15 is 0 Å². The minimum Gasteiger partial charge on any atom is -0.481 e. The second kappa shape index (κ2) is 8.89. The van der Waals surface area contributed by atoms with Gasteiger partial charge in [-0.1, -0.05) is 5.16 Å². The van der Waals surface area contributed by atoms with Crippen molar-refractivity contribution < 1.29 is 32.7 Å². The number of anilines is 3. The summed E-state index contributed by atoms with van der Waals surface area (Å²) in [6.07, 6.45) is 2.90. The number of aryl methyl sites for hydroxylation is 2. The van der Waals surface area contributed by atoms with Crippen molar-refractivity contribution in [2.45, 2.75) is 39.7 Å². The highest BCUT2D eigenvalue weighted by Gasteiger charge is 2.76. The van der Waals surface area contributed by atoms with Gasteiger partial charge in [-0.25, -0.2) is 13.8 Å². The summed E-state index contributed by atoms with van der Waals surface area (Å²) in [6.45, 7) is 7.01. The zero-order valence-electron chi connectivity index (χ0n) is 19.2. The zero-order chi connectivity index (χ0) is 25.5. The minimum atomic E-state index is -3.59. The summed E-state index contributed by atoms with van der Waals surface area (Å²) < 4.78 is 38.3. The van der Waals surface area contributed by atoms with E-state index in [4.69, 9.17) is 14.4 Å². The number of rotatable bonds is 8. The molecule has 0 aliphatic heterocycles. The Morgan fingerprint density at radius 2 is 1.89 bits per heavy atom. The molecule has 0 aromatic carbocycles. The molecule has 4 rings (SSSR count). The van der Waals surface area contributed by atoms with Gasteiger partial charge in [-0.3, -0.25) is 14.6 Å². The molecule has 1 aliphatic rings. The first-order chi connectivity index (χ1) is 16.5. The Kier molecular flexibility index (Phi) is 6.09. The van der Waals surface area contributed by atoms with Crippen LogP contribution in [0, 0.1) is 25.7 Å². The fourth-order valence-electron chi connectivity index (χ4n) is 3.52.